The third-order valence-corrected chi connectivity index (χ3v) is 7.83. The van der Waals surface area contributed by atoms with Gasteiger partial charge in [-0.3, -0.25) is 9.78 Å². The number of carbonyl (C=O) groups is 1. The van der Waals surface area contributed by atoms with Gasteiger partial charge in [-0.2, -0.15) is 0 Å². The van der Waals surface area contributed by atoms with Crippen LogP contribution in [-0.4, -0.2) is 28.4 Å². The zero-order chi connectivity index (χ0) is 26.1. The van der Waals surface area contributed by atoms with Crippen molar-refractivity contribution in [3.05, 3.63) is 125 Å². The Morgan fingerprint density at radius 2 is 1.63 bits per heavy atom. The molecule has 1 amide bonds. The van der Waals surface area contributed by atoms with Gasteiger partial charge in [0.2, 0.25) is 0 Å². The first kappa shape index (κ1) is 24.3. The van der Waals surface area contributed by atoms with Crippen LogP contribution in [0.4, 0.5) is 0 Å². The fourth-order valence-electron chi connectivity index (χ4n) is 6.06. The first-order valence-corrected chi connectivity index (χ1v) is 13.5. The van der Waals surface area contributed by atoms with Gasteiger partial charge in [-0.05, 0) is 72.9 Å². The molecule has 4 heteroatoms. The summed E-state index contributed by atoms with van der Waals surface area (Å²) in [6.45, 7) is 5.62. The first-order valence-electron chi connectivity index (χ1n) is 13.5. The summed E-state index contributed by atoms with van der Waals surface area (Å²) in [6, 6.07) is 31.9. The Morgan fingerprint density at radius 1 is 0.895 bits per heavy atom. The number of pyridine rings is 1. The normalized spacial score (nSPS) is 17.7. The number of nitrogens with one attached hydrogen (secondary N) is 1. The number of nitrogens with zero attached hydrogens (tertiary/aromatic N) is 2. The van der Waals surface area contributed by atoms with Gasteiger partial charge < -0.3 is 10.2 Å². The number of hydrogen-bond donors (Lipinski definition) is 1. The highest BCUT2D eigenvalue weighted by atomic mass is 16.2. The Bertz CT molecular complexity index is 1590. The fraction of sp³-hybridized carbons (Fsp3) is 0.235. The Balaban J connectivity index is 1.32. The molecule has 5 aromatic rings. The molecule has 1 aliphatic heterocycles. The van der Waals surface area contributed by atoms with Crippen LogP contribution >= 0.6 is 0 Å². The quantitative estimate of drug-likeness (QED) is 0.280. The van der Waals surface area contributed by atoms with Gasteiger partial charge in [-0.1, -0.05) is 77.9 Å². The van der Waals surface area contributed by atoms with Crippen molar-refractivity contribution in [3.63, 3.8) is 0 Å². The highest BCUT2D eigenvalue weighted by molar-refractivity contribution is 5.95. The highest BCUT2D eigenvalue weighted by Gasteiger charge is 2.34. The number of amides is 1. The third kappa shape index (κ3) is 4.80. The predicted octanol–water partition coefficient (Wildman–Crippen LogP) is 7.14. The lowest BCUT2D eigenvalue weighted by Crippen LogP contribution is -2.46. The maximum Gasteiger partial charge on any atom is 0.254 e. The summed E-state index contributed by atoms with van der Waals surface area (Å²) in [5, 5.41) is 7.45. The zero-order valence-corrected chi connectivity index (χ0v) is 22.0. The van der Waals surface area contributed by atoms with Crippen LogP contribution in [0.3, 0.4) is 0 Å². The largest absolute Gasteiger partial charge is 0.331 e. The molecular weight excluding hydrogens is 466 g/mol. The van der Waals surface area contributed by atoms with Crippen LogP contribution in [-0.2, 0) is 6.54 Å². The van der Waals surface area contributed by atoms with Crippen LogP contribution in [0.5, 0.6) is 0 Å². The highest BCUT2D eigenvalue weighted by Crippen LogP contribution is 2.36. The second kappa shape index (κ2) is 10.4. The summed E-state index contributed by atoms with van der Waals surface area (Å²) in [5.41, 5.74) is 6.52. The summed E-state index contributed by atoms with van der Waals surface area (Å²) < 4.78 is 0. The number of carbonyl (C=O) groups excluding carboxylic acids is 1. The van der Waals surface area contributed by atoms with E-state index in [-0.39, 0.29) is 11.9 Å². The molecule has 1 fully saturated rings. The summed E-state index contributed by atoms with van der Waals surface area (Å²) in [5.74, 6) is 0.119. The predicted molar refractivity (Wildman–Crippen MR) is 155 cm³/mol. The molecule has 1 saturated heterocycles. The molecule has 0 radical (unpaired) electrons. The van der Waals surface area contributed by atoms with E-state index in [2.05, 4.69) is 102 Å². The Labute approximate surface area is 224 Å². The molecule has 0 aliphatic carbocycles. The summed E-state index contributed by atoms with van der Waals surface area (Å²) in [4.78, 5) is 20.6. The molecule has 0 spiro atoms. The topological polar surface area (TPSA) is 45.2 Å². The van der Waals surface area contributed by atoms with E-state index in [1.807, 2.05) is 24.4 Å². The lowest BCUT2D eigenvalue weighted by molar-refractivity contribution is 0.0576. The van der Waals surface area contributed by atoms with Crippen LogP contribution in [0, 0.1) is 13.8 Å². The SMILES string of the molecule is Cc1cc(C)cc(C(=O)N2CC[C@H](NCc3ccnc4ccccc34)C[C@@H]2c2cccc3ccccc23)c1. The van der Waals surface area contributed by atoms with Crippen LogP contribution in [0.25, 0.3) is 21.7 Å². The van der Waals surface area contributed by atoms with Gasteiger partial charge in [-0.25, -0.2) is 0 Å². The van der Waals surface area contributed by atoms with Crippen molar-refractivity contribution in [2.24, 2.45) is 0 Å². The van der Waals surface area contributed by atoms with Crippen molar-refractivity contribution in [1.82, 2.24) is 15.2 Å². The molecule has 190 valence electrons. The van der Waals surface area contributed by atoms with Crippen LogP contribution < -0.4 is 5.32 Å². The standard InChI is InChI=1S/C34H33N3O/c1-23-18-24(2)20-27(19-23)34(38)37-17-15-28(36-22-26-14-16-35-32-13-6-5-11-30(26)32)21-33(37)31-12-7-9-25-8-3-4-10-29(25)31/h3-14,16,18-20,28,33,36H,15,17,21-22H2,1-2H3/t28-,33+/m0/s1. The van der Waals surface area contributed by atoms with Gasteiger partial charge in [0.05, 0.1) is 11.6 Å². The van der Waals surface area contributed by atoms with Gasteiger partial charge in [-0.15, -0.1) is 0 Å². The van der Waals surface area contributed by atoms with E-state index in [9.17, 15) is 4.79 Å². The molecule has 6 rings (SSSR count). The minimum atomic E-state index is -0.00477. The second-order valence-electron chi connectivity index (χ2n) is 10.5. The average molecular weight is 500 g/mol. The number of benzene rings is 4. The van der Waals surface area contributed by atoms with Crippen LogP contribution in [0.1, 0.15) is 51.5 Å². The van der Waals surface area contributed by atoms with Gasteiger partial charge in [0, 0.05) is 36.3 Å². The van der Waals surface area contributed by atoms with Crippen molar-refractivity contribution in [1.29, 1.82) is 0 Å². The lowest BCUT2D eigenvalue weighted by atomic mass is 9.88. The molecule has 1 N–H and O–H groups in total. The molecule has 1 aromatic heterocycles. The Kier molecular flexibility index (Phi) is 6.65. The number of rotatable bonds is 5. The first-order chi connectivity index (χ1) is 18.6. The van der Waals surface area contributed by atoms with E-state index >= 15 is 0 Å². The fourth-order valence-corrected chi connectivity index (χ4v) is 6.06. The molecule has 4 nitrogen and oxygen atoms in total. The monoisotopic (exact) mass is 499 g/mol. The van der Waals surface area contributed by atoms with Gasteiger partial charge in [0.25, 0.3) is 5.91 Å². The van der Waals surface area contributed by atoms with Crippen molar-refractivity contribution >= 4 is 27.6 Å². The molecule has 0 saturated carbocycles. The van der Waals surface area contributed by atoms with E-state index in [0.29, 0.717) is 12.6 Å². The number of fused-ring (bicyclic) bond motifs is 2. The van der Waals surface area contributed by atoms with Gasteiger partial charge in [0.1, 0.15) is 0 Å². The minimum absolute atomic E-state index is 0.00477. The van der Waals surface area contributed by atoms with Gasteiger partial charge >= 0.3 is 0 Å². The number of hydrogen-bond acceptors (Lipinski definition) is 3. The van der Waals surface area contributed by atoms with E-state index in [1.54, 1.807) is 0 Å². The molecule has 2 atom stereocenters. The van der Waals surface area contributed by atoms with E-state index in [0.717, 1.165) is 41.6 Å². The van der Waals surface area contributed by atoms with Crippen LogP contribution in [0.2, 0.25) is 0 Å². The van der Waals surface area contributed by atoms with E-state index in [1.165, 1.54) is 27.3 Å². The zero-order valence-electron chi connectivity index (χ0n) is 22.0. The molecule has 0 bridgehead atoms. The minimum Gasteiger partial charge on any atom is -0.331 e. The maximum absolute atomic E-state index is 14.0. The molecule has 2 heterocycles. The molecule has 4 aromatic carbocycles. The maximum atomic E-state index is 14.0. The number of piperidine rings is 1. The number of likely N-dealkylation sites (tertiary alicyclic amines) is 1. The van der Waals surface area contributed by atoms with Crippen LogP contribution in [0.15, 0.2) is 97.2 Å². The molecule has 0 unspecified atom stereocenters. The Hall–Kier alpha value is -4.02. The average Bonchev–Trinajstić information content (AvgIpc) is 2.95. The third-order valence-electron chi connectivity index (χ3n) is 7.83. The summed E-state index contributed by atoms with van der Waals surface area (Å²) in [7, 11) is 0. The molecular formula is C34H33N3O. The lowest BCUT2D eigenvalue weighted by Gasteiger charge is -2.41. The second-order valence-corrected chi connectivity index (χ2v) is 10.5. The van der Waals surface area contributed by atoms with Crippen molar-refractivity contribution in [2.75, 3.05) is 6.54 Å². The smallest absolute Gasteiger partial charge is 0.254 e. The number of aromatic nitrogens is 1. The van der Waals surface area contributed by atoms with Crippen molar-refractivity contribution < 1.29 is 4.79 Å². The molecule has 38 heavy (non-hydrogen) atoms. The number of para-hydroxylation sites is 1. The Morgan fingerprint density at radius 3 is 2.47 bits per heavy atom. The molecule has 1 aliphatic rings. The summed E-state index contributed by atoms with van der Waals surface area (Å²) >= 11 is 0. The van der Waals surface area contributed by atoms with Crippen molar-refractivity contribution in [2.45, 2.75) is 45.3 Å². The van der Waals surface area contributed by atoms with Crippen molar-refractivity contribution in [3.8, 4) is 0 Å². The number of aryl methyl sites for hydroxylation is 2. The summed E-state index contributed by atoms with van der Waals surface area (Å²) in [6.07, 6.45) is 3.68. The van der Waals surface area contributed by atoms with E-state index < -0.39 is 0 Å². The van der Waals surface area contributed by atoms with E-state index in [4.69, 9.17) is 0 Å². The van der Waals surface area contributed by atoms with Gasteiger partial charge in [0.15, 0.2) is 0 Å².